The van der Waals surface area contributed by atoms with E-state index in [1.807, 2.05) is 30.5 Å². The van der Waals surface area contributed by atoms with E-state index in [9.17, 15) is 14.4 Å². The summed E-state index contributed by atoms with van der Waals surface area (Å²) in [5, 5.41) is 4.31. The molecule has 7 nitrogen and oxygen atoms in total. The minimum absolute atomic E-state index is 0.128. The van der Waals surface area contributed by atoms with Gasteiger partial charge in [-0.15, -0.1) is 0 Å². The van der Waals surface area contributed by atoms with Gasteiger partial charge in [-0.2, -0.15) is 0 Å². The molecule has 0 radical (unpaired) electrons. The number of carbonyl (C=O) groups excluding carboxylic acids is 1. The number of para-hydroxylation sites is 2. The zero-order valence-electron chi connectivity index (χ0n) is 15.6. The maximum absolute atomic E-state index is 13.1. The number of hydrogen-bond donors (Lipinski definition) is 3. The van der Waals surface area contributed by atoms with Crippen LogP contribution in [-0.2, 0) is 11.2 Å². The molecule has 1 amide bonds. The first kappa shape index (κ1) is 17.5. The zero-order chi connectivity index (χ0) is 20.0. The van der Waals surface area contributed by atoms with E-state index in [0.29, 0.717) is 10.9 Å². The van der Waals surface area contributed by atoms with Crippen LogP contribution in [0.2, 0.25) is 0 Å². The number of nitrogens with zero attached hydrogens (tertiary/aromatic N) is 1. The summed E-state index contributed by atoms with van der Waals surface area (Å²) in [6.45, 7) is 0. The number of aromatic amines is 2. The summed E-state index contributed by atoms with van der Waals surface area (Å²) in [6.07, 6.45) is 3.93. The van der Waals surface area contributed by atoms with E-state index < -0.39 is 17.3 Å². The Morgan fingerprint density at radius 2 is 1.72 bits per heavy atom. The van der Waals surface area contributed by atoms with Crippen molar-refractivity contribution in [2.45, 2.75) is 31.3 Å². The van der Waals surface area contributed by atoms with Gasteiger partial charge >= 0.3 is 5.69 Å². The van der Waals surface area contributed by atoms with Crippen LogP contribution in [0.4, 0.5) is 0 Å². The van der Waals surface area contributed by atoms with Crippen molar-refractivity contribution in [2.75, 3.05) is 0 Å². The number of benzene rings is 2. The lowest BCUT2D eigenvalue weighted by Crippen LogP contribution is -2.45. The molecule has 7 heteroatoms. The summed E-state index contributed by atoms with van der Waals surface area (Å²) in [7, 11) is 0. The van der Waals surface area contributed by atoms with Crippen molar-refractivity contribution in [3.8, 4) is 0 Å². The van der Waals surface area contributed by atoms with Crippen LogP contribution in [0.25, 0.3) is 21.8 Å². The van der Waals surface area contributed by atoms with Gasteiger partial charge in [-0.25, -0.2) is 9.36 Å². The maximum Gasteiger partial charge on any atom is 0.329 e. The van der Waals surface area contributed by atoms with Crippen LogP contribution in [0, 0.1) is 0 Å². The van der Waals surface area contributed by atoms with Gasteiger partial charge in [0.15, 0.2) is 0 Å². The van der Waals surface area contributed by atoms with E-state index in [0.717, 1.165) is 33.9 Å². The Morgan fingerprint density at radius 3 is 2.48 bits per heavy atom. The highest BCUT2D eigenvalue weighted by atomic mass is 16.2. The van der Waals surface area contributed by atoms with Gasteiger partial charge in [0, 0.05) is 29.6 Å². The van der Waals surface area contributed by atoms with Crippen LogP contribution in [-0.4, -0.2) is 26.5 Å². The van der Waals surface area contributed by atoms with Gasteiger partial charge in [0.2, 0.25) is 5.91 Å². The Balaban J connectivity index is 1.64. The number of rotatable bonds is 5. The molecule has 5 rings (SSSR count). The molecule has 29 heavy (non-hydrogen) atoms. The highest BCUT2D eigenvalue weighted by Crippen LogP contribution is 2.24. The standard InChI is InChI=1S/C22H20N4O3/c27-20(24-14-9-10-14)19(11-13-12-23-17-7-3-1-5-15(13)17)26-21(28)16-6-2-4-8-18(16)25-22(26)29/h1-8,12,14,19,23H,9-11H2,(H,24,27)(H,25,29). The molecule has 2 aromatic carbocycles. The van der Waals surface area contributed by atoms with Gasteiger partial charge < -0.3 is 15.3 Å². The molecule has 2 aromatic heterocycles. The first-order valence-electron chi connectivity index (χ1n) is 9.71. The van der Waals surface area contributed by atoms with E-state index in [1.165, 1.54) is 0 Å². The second-order valence-electron chi connectivity index (χ2n) is 7.51. The third-order valence-corrected chi connectivity index (χ3v) is 5.46. The summed E-state index contributed by atoms with van der Waals surface area (Å²) in [5.74, 6) is -0.305. The van der Waals surface area contributed by atoms with Gasteiger partial charge in [0.1, 0.15) is 6.04 Å². The van der Waals surface area contributed by atoms with Crippen molar-refractivity contribution >= 4 is 27.7 Å². The van der Waals surface area contributed by atoms with Gasteiger partial charge in [0.25, 0.3) is 5.56 Å². The normalized spacial score (nSPS) is 14.9. The molecule has 1 saturated carbocycles. The summed E-state index contributed by atoms with van der Waals surface area (Å²) in [5.41, 5.74) is 1.26. The fourth-order valence-corrected chi connectivity index (χ4v) is 3.79. The van der Waals surface area contributed by atoms with E-state index >= 15 is 0 Å². The predicted octanol–water partition coefficient (Wildman–Crippen LogP) is 2.23. The molecule has 0 saturated heterocycles. The van der Waals surface area contributed by atoms with Crippen molar-refractivity contribution in [3.05, 3.63) is 81.1 Å². The van der Waals surface area contributed by atoms with Crippen molar-refractivity contribution in [3.63, 3.8) is 0 Å². The molecule has 0 spiro atoms. The fourth-order valence-electron chi connectivity index (χ4n) is 3.79. The summed E-state index contributed by atoms with van der Waals surface area (Å²) in [6, 6.07) is 13.8. The quantitative estimate of drug-likeness (QED) is 0.489. The lowest BCUT2D eigenvalue weighted by molar-refractivity contribution is -0.124. The first-order valence-corrected chi connectivity index (χ1v) is 9.71. The molecular weight excluding hydrogens is 368 g/mol. The topological polar surface area (TPSA) is 99.8 Å². The van der Waals surface area contributed by atoms with E-state index in [2.05, 4.69) is 15.3 Å². The monoisotopic (exact) mass is 388 g/mol. The molecule has 1 atom stereocenters. The zero-order valence-corrected chi connectivity index (χ0v) is 15.6. The predicted molar refractivity (Wildman–Crippen MR) is 111 cm³/mol. The molecule has 1 fully saturated rings. The van der Waals surface area contributed by atoms with E-state index in [-0.39, 0.29) is 18.4 Å². The summed E-state index contributed by atoms with van der Waals surface area (Å²) < 4.78 is 1.06. The molecule has 1 aliphatic rings. The lowest BCUT2D eigenvalue weighted by Gasteiger charge is -2.19. The average Bonchev–Trinajstić information content (AvgIpc) is 3.45. The number of amides is 1. The molecular formula is C22H20N4O3. The highest BCUT2D eigenvalue weighted by Gasteiger charge is 2.31. The van der Waals surface area contributed by atoms with Crippen LogP contribution >= 0.6 is 0 Å². The number of hydrogen-bond acceptors (Lipinski definition) is 3. The molecule has 1 aliphatic carbocycles. The third kappa shape index (κ3) is 3.14. The molecule has 2 heterocycles. The van der Waals surface area contributed by atoms with Crippen molar-refractivity contribution < 1.29 is 4.79 Å². The Labute approximate surface area is 165 Å². The lowest BCUT2D eigenvalue weighted by atomic mass is 10.0. The second-order valence-corrected chi connectivity index (χ2v) is 7.51. The fraction of sp³-hybridized carbons (Fsp3) is 0.227. The summed E-state index contributed by atoms with van der Waals surface area (Å²) >= 11 is 0. The van der Waals surface area contributed by atoms with Crippen LogP contribution in [0.3, 0.4) is 0 Å². The molecule has 0 bridgehead atoms. The minimum Gasteiger partial charge on any atom is -0.361 e. The van der Waals surface area contributed by atoms with E-state index in [1.54, 1.807) is 24.3 Å². The van der Waals surface area contributed by atoms with Crippen LogP contribution in [0.1, 0.15) is 24.4 Å². The maximum atomic E-state index is 13.1. The smallest absolute Gasteiger partial charge is 0.329 e. The highest BCUT2D eigenvalue weighted by molar-refractivity contribution is 5.86. The van der Waals surface area contributed by atoms with Crippen molar-refractivity contribution in [2.24, 2.45) is 0 Å². The number of fused-ring (bicyclic) bond motifs is 2. The van der Waals surface area contributed by atoms with Gasteiger partial charge in [-0.3, -0.25) is 9.59 Å². The van der Waals surface area contributed by atoms with Crippen LogP contribution < -0.4 is 16.6 Å². The molecule has 146 valence electrons. The van der Waals surface area contributed by atoms with Crippen LogP contribution in [0.5, 0.6) is 0 Å². The summed E-state index contributed by atoms with van der Waals surface area (Å²) in [4.78, 5) is 45.0. The van der Waals surface area contributed by atoms with Crippen molar-refractivity contribution in [1.82, 2.24) is 19.9 Å². The molecule has 0 aliphatic heterocycles. The first-order chi connectivity index (χ1) is 14.1. The Hall–Kier alpha value is -3.61. The van der Waals surface area contributed by atoms with E-state index in [4.69, 9.17) is 0 Å². The van der Waals surface area contributed by atoms with Gasteiger partial charge in [-0.05, 0) is 36.6 Å². The SMILES string of the molecule is O=C(NC1CC1)C(Cc1c[nH]c2ccccc12)n1c(=O)[nH]c2ccccc2c1=O. The largest absolute Gasteiger partial charge is 0.361 e. The molecule has 3 N–H and O–H groups in total. The molecule has 4 aromatic rings. The molecule has 1 unspecified atom stereocenters. The van der Waals surface area contributed by atoms with Gasteiger partial charge in [-0.1, -0.05) is 30.3 Å². The second kappa shape index (κ2) is 6.77. The number of nitrogens with one attached hydrogen (secondary N) is 3. The number of aromatic nitrogens is 3. The minimum atomic E-state index is -0.935. The van der Waals surface area contributed by atoms with Crippen molar-refractivity contribution in [1.29, 1.82) is 0 Å². The Bertz CT molecular complexity index is 1340. The average molecular weight is 388 g/mol. The van der Waals surface area contributed by atoms with Gasteiger partial charge in [0.05, 0.1) is 10.9 Å². The third-order valence-electron chi connectivity index (χ3n) is 5.46. The Kier molecular flexibility index (Phi) is 4.08. The number of H-pyrrole nitrogens is 2. The Morgan fingerprint density at radius 1 is 1.03 bits per heavy atom. The number of carbonyl (C=O) groups is 1. The van der Waals surface area contributed by atoms with Crippen LogP contribution in [0.15, 0.2) is 64.3 Å².